The fraction of sp³-hybridized carbons (Fsp3) is 0.941. The molecule has 118 valence electrons. The Balaban J connectivity index is 5.14. The molecule has 0 heterocycles. The summed E-state index contributed by atoms with van der Waals surface area (Å²) in [5, 5.41) is 2.75. The number of hydrogen-bond donors (Lipinski definition) is 0. The summed E-state index contributed by atoms with van der Waals surface area (Å²) in [6.07, 6.45) is 3.70. The number of ketones is 1. The molecule has 0 aromatic carbocycles. The molecule has 0 saturated heterocycles. The van der Waals surface area contributed by atoms with E-state index < -0.39 is 0 Å². The first kappa shape index (κ1) is 19.3. The molecule has 0 fully saturated rings. The van der Waals surface area contributed by atoms with Gasteiger partial charge in [0.2, 0.25) is 0 Å². The van der Waals surface area contributed by atoms with Crippen LogP contribution < -0.4 is 0 Å². The van der Waals surface area contributed by atoms with Gasteiger partial charge in [-0.05, 0) is 29.1 Å². The Labute approximate surface area is 124 Å². The van der Waals surface area contributed by atoms with E-state index in [2.05, 4.69) is 53.6 Å². The fourth-order valence-electron chi connectivity index (χ4n) is 2.75. The van der Waals surface area contributed by atoms with E-state index in [0.717, 1.165) is 19.3 Å². The number of hydrogen-bond acceptors (Lipinski definition) is 3. The minimum Gasteiger partial charge on any atom is -0.297 e. The van der Waals surface area contributed by atoms with Gasteiger partial charge in [-0.1, -0.05) is 66.5 Å². The molecule has 0 aromatic rings. The van der Waals surface area contributed by atoms with Gasteiger partial charge in [0.05, 0.1) is 0 Å². The summed E-state index contributed by atoms with van der Waals surface area (Å²) in [4.78, 5) is 22.2. The molecule has 0 aliphatic heterocycles. The third kappa shape index (κ3) is 5.72. The normalized spacial score (nSPS) is 15.8. The SMILES string of the molecule is CCC(C)C(C)(C)C(CC(=O)CN=O)CC(C)(C)CC. The van der Waals surface area contributed by atoms with E-state index in [1.807, 2.05) is 0 Å². The molecule has 0 aliphatic rings. The predicted octanol–water partition coefficient (Wildman–Crippen LogP) is 5.23. The molecule has 3 heteroatoms. The number of Topliss-reactive ketones (excluding diaryl/α,β-unsaturated/α-hetero) is 1. The third-order valence-electron chi connectivity index (χ3n) is 5.41. The molecule has 2 unspecified atom stereocenters. The van der Waals surface area contributed by atoms with Crippen molar-refractivity contribution < 1.29 is 4.79 Å². The van der Waals surface area contributed by atoms with Crippen molar-refractivity contribution in [1.29, 1.82) is 0 Å². The Hall–Kier alpha value is -0.730. The molecule has 0 rings (SSSR count). The van der Waals surface area contributed by atoms with E-state index in [1.165, 1.54) is 0 Å². The second-order valence-electron chi connectivity index (χ2n) is 7.58. The number of carbonyl (C=O) groups excluding carboxylic acids is 1. The molecule has 0 radical (unpaired) electrons. The maximum absolute atomic E-state index is 11.9. The van der Waals surface area contributed by atoms with Gasteiger partial charge in [0.25, 0.3) is 0 Å². The Morgan fingerprint density at radius 1 is 1.15 bits per heavy atom. The summed E-state index contributed by atoms with van der Waals surface area (Å²) in [6, 6.07) is 0. The van der Waals surface area contributed by atoms with Crippen LogP contribution in [0.15, 0.2) is 5.18 Å². The van der Waals surface area contributed by atoms with Crippen molar-refractivity contribution in [2.75, 3.05) is 6.54 Å². The summed E-state index contributed by atoms with van der Waals surface area (Å²) in [6.45, 7) is 15.5. The summed E-state index contributed by atoms with van der Waals surface area (Å²) in [7, 11) is 0. The van der Waals surface area contributed by atoms with E-state index in [4.69, 9.17) is 0 Å². The molecule has 0 aliphatic carbocycles. The summed E-state index contributed by atoms with van der Waals surface area (Å²) < 4.78 is 0. The minimum atomic E-state index is -0.181. The molecule has 2 atom stereocenters. The fourth-order valence-corrected chi connectivity index (χ4v) is 2.75. The molecule has 0 N–H and O–H groups in total. The largest absolute Gasteiger partial charge is 0.297 e. The highest BCUT2D eigenvalue weighted by molar-refractivity contribution is 5.80. The number of rotatable bonds is 10. The predicted molar refractivity (Wildman–Crippen MR) is 85.7 cm³/mol. The van der Waals surface area contributed by atoms with E-state index >= 15 is 0 Å². The molecular weight excluding hydrogens is 250 g/mol. The number of nitroso groups, excluding NO2 is 1. The van der Waals surface area contributed by atoms with Gasteiger partial charge in [0.1, 0.15) is 6.54 Å². The van der Waals surface area contributed by atoms with Crippen LogP contribution in [-0.2, 0) is 4.79 Å². The average Bonchev–Trinajstić information content (AvgIpc) is 2.36. The minimum absolute atomic E-state index is 0.0201. The third-order valence-corrected chi connectivity index (χ3v) is 5.41. The lowest BCUT2D eigenvalue weighted by atomic mass is 9.62. The van der Waals surface area contributed by atoms with Crippen molar-refractivity contribution in [1.82, 2.24) is 0 Å². The quantitative estimate of drug-likeness (QED) is 0.515. The topological polar surface area (TPSA) is 46.5 Å². The highest BCUT2D eigenvalue weighted by Gasteiger charge is 2.37. The van der Waals surface area contributed by atoms with Crippen LogP contribution in [0, 0.1) is 27.6 Å². The lowest BCUT2D eigenvalue weighted by molar-refractivity contribution is -0.120. The van der Waals surface area contributed by atoms with Crippen molar-refractivity contribution in [3.8, 4) is 0 Å². The van der Waals surface area contributed by atoms with Gasteiger partial charge in [0.15, 0.2) is 5.78 Å². The van der Waals surface area contributed by atoms with Gasteiger partial charge in [-0.2, -0.15) is 4.91 Å². The summed E-state index contributed by atoms with van der Waals surface area (Å²) >= 11 is 0. The Kier molecular flexibility index (Phi) is 7.61. The van der Waals surface area contributed by atoms with Crippen LogP contribution in [0.1, 0.15) is 74.1 Å². The molecule has 0 amide bonds. The van der Waals surface area contributed by atoms with Crippen LogP contribution in [0.4, 0.5) is 0 Å². The first-order chi connectivity index (χ1) is 9.10. The lowest BCUT2D eigenvalue weighted by Gasteiger charge is -2.42. The number of carbonyl (C=O) groups is 1. The lowest BCUT2D eigenvalue weighted by Crippen LogP contribution is -2.35. The van der Waals surface area contributed by atoms with E-state index in [-0.39, 0.29) is 23.2 Å². The molecule has 0 spiro atoms. The zero-order chi connectivity index (χ0) is 16.0. The highest BCUT2D eigenvalue weighted by atomic mass is 16.3. The van der Waals surface area contributed by atoms with Crippen LogP contribution in [0.5, 0.6) is 0 Å². The first-order valence-electron chi connectivity index (χ1n) is 7.91. The Morgan fingerprint density at radius 3 is 2.10 bits per heavy atom. The van der Waals surface area contributed by atoms with Crippen LogP contribution in [0.25, 0.3) is 0 Å². The molecule has 0 saturated carbocycles. The van der Waals surface area contributed by atoms with Crippen molar-refractivity contribution in [3.63, 3.8) is 0 Å². The average molecular weight is 283 g/mol. The van der Waals surface area contributed by atoms with Crippen LogP contribution >= 0.6 is 0 Å². The van der Waals surface area contributed by atoms with Crippen molar-refractivity contribution >= 4 is 5.78 Å². The van der Waals surface area contributed by atoms with Gasteiger partial charge >= 0.3 is 0 Å². The maximum atomic E-state index is 11.9. The van der Waals surface area contributed by atoms with Crippen LogP contribution in [-0.4, -0.2) is 12.3 Å². The molecule has 3 nitrogen and oxygen atoms in total. The van der Waals surface area contributed by atoms with Gasteiger partial charge in [-0.15, -0.1) is 0 Å². The van der Waals surface area contributed by atoms with Gasteiger partial charge in [-0.25, -0.2) is 0 Å². The summed E-state index contributed by atoms with van der Waals surface area (Å²) in [5.41, 5.74) is 0.323. The first-order valence-corrected chi connectivity index (χ1v) is 7.91. The summed E-state index contributed by atoms with van der Waals surface area (Å²) in [5.74, 6) is 0.840. The highest BCUT2D eigenvalue weighted by Crippen LogP contribution is 2.45. The Bertz CT molecular complexity index is 321. The molecular formula is C17H33NO2. The second-order valence-corrected chi connectivity index (χ2v) is 7.58. The van der Waals surface area contributed by atoms with Gasteiger partial charge in [0, 0.05) is 6.42 Å². The van der Waals surface area contributed by atoms with Gasteiger partial charge < -0.3 is 0 Å². The van der Waals surface area contributed by atoms with E-state index in [1.54, 1.807) is 0 Å². The Morgan fingerprint density at radius 2 is 1.70 bits per heavy atom. The smallest absolute Gasteiger partial charge is 0.158 e. The molecule has 0 bridgehead atoms. The van der Waals surface area contributed by atoms with Crippen LogP contribution in [0.2, 0.25) is 0 Å². The molecule has 20 heavy (non-hydrogen) atoms. The van der Waals surface area contributed by atoms with E-state index in [9.17, 15) is 9.70 Å². The monoisotopic (exact) mass is 283 g/mol. The standard InChI is InChI=1S/C17H33NO2/c1-8-13(3)17(6,7)14(10-15(19)12-18-20)11-16(4,5)9-2/h13-14H,8-12H2,1-7H3. The van der Waals surface area contributed by atoms with Crippen molar-refractivity contribution in [2.24, 2.45) is 27.8 Å². The van der Waals surface area contributed by atoms with E-state index in [0.29, 0.717) is 18.3 Å². The van der Waals surface area contributed by atoms with Crippen molar-refractivity contribution in [3.05, 3.63) is 4.91 Å². The van der Waals surface area contributed by atoms with Crippen molar-refractivity contribution in [2.45, 2.75) is 74.1 Å². The zero-order valence-corrected chi connectivity index (χ0v) is 14.5. The molecule has 0 aromatic heterocycles. The zero-order valence-electron chi connectivity index (χ0n) is 14.5. The van der Waals surface area contributed by atoms with Gasteiger partial charge in [-0.3, -0.25) is 4.79 Å². The number of nitrogens with zero attached hydrogens (tertiary/aromatic N) is 1. The second kappa shape index (κ2) is 7.90. The maximum Gasteiger partial charge on any atom is 0.158 e. The van der Waals surface area contributed by atoms with Crippen LogP contribution in [0.3, 0.4) is 0 Å².